The van der Waals surface area contributed by atoms with E-state index in [1.54, 1.807) is 7.11 Å². The molecule has 1 aromatic carbocycles. The Morgan fingerprint density at radius 2 is 1.95 bits per heavy atom. The van der Waals surface area contributed by atoms with E-state index in [9.17, 15) is 4.79 Å². The monoisotopic (exact) mass is 274 g/mol. The Morgan fingerprint density at radius 1 is 1.25 bits per heavy atom. The van der Waals surface area contributed by atoms with Crippen molar-refractivity contribution in [2.75, 3.05) is 12.8 Å². The number of carboxylic acid groups (broad SMARTS) is 1. The molecule has 1 aromatic heterocycles. The second-order valence-electron chi connectivity index (χ2n) is 4.03. The second kappa shape index (κ2) is 5.92. The van der Waals surface area contributed by atoms with Crippen LogP contribution >= 0.6 is 0 Å². The highest BCUT2D eigenvalue weighted by atomic mass is 16.5. The highest BCUT2D eigenvalue weighted by molar-refractivity contribution is 5.86. The number of rotatable bonds is 5. The molecule has 0 aliphatic heterocycles. The summed E-state index contributed by atoms with van der Waals surface area (Å²) >= 11 is 0. The van der Waals surface area contributed by atoms with E-state index in [-0.39, 0.29) is 18.2 Å². The van der Waals surface area contributed by atoms with Gasteiger partial charge in [0.05, 0.1) is 12.8 Å². The third kappa shape index (κ3) is 3.17. The second-order valence-corrected chi connectivity index (χ2v) is 4.03. The average Bonchev–Trinajstić information content (AvgIpc) is 2.46. The average molecular weight is 274 g/mol. The van der Waals surface area contributed by atoms with Crippen LogP contribution in [-0.2, 0) is 6.61 Å². The molecular weight excluding hydrogens is 260 g/mol. The normalized spacial score (nSPS) is 10.1. The molecule has 0 aliphatic carbocycles. The van der Waals surface area contributed by atoms with Crippen LogP contribution in [0.2, 0.25) is 0 Å². The van der Waals surface area contributed by atoms with Gasteiger partial charge >= 0.3 is 5.97 Å². The predicted molar refractivity (Wildman–Crippen MR) is 72.9 cm³/mol. The van der Waals surface area contributed by atoms with E-state index in [0.29, 0.717) is 5.69 Å². The molecule has 6 heteroatoms. The maximum Gasteiger partial charge on any atom is 0.354 e. The topological polar surface area (TPSA) is 94.7 Å². The van der Waals surface area contributed by atoms with Crippen LogP contribution in [0, 0.1) is 0 Å². The summed E-state index contributed by atoms with van der Waals surface area (Å²) in [5.74, 6) is -0.265. The summed E-state index contributed by atoms with van der Waals surface area (Å²) in [4.78, 5) is 14.7. The van der Waals surface area contributed by atoms with Gasteiger partial charge in [0.15, 0.2) is 5.69 Å². The fraction of sp³-hybridized carbons (Fsp3) is 0.143. The largest absolute Gasteiger partial charge is 0.497 e. The third-order valence-corrected chi connectivity index (χ3v) is 2.64. The summed E-state index contributed by atoms with van der Waals surface area (Å²) < 4.78 is 10.5. The van der Waals surface area contributed by atoms with Gasteiger partial charge in [-0.05, 0) is 29.8 Å². The van der Waals surface area contributed by atoms with Crippen molar-refractivity contribution in [3.8, 4) is 11.6 Å². The van der Waals surface area contributed by atoms with Crippen molar-refractivity contribution < 1.29 is 19.4 Å². The molecule has 0 saturated heterocycles. The minimum Gasteiger partial charge on any atom is -0.497 e. The van der Waals surface area contributed by atoms with Crippen LogP contribution in [0.1, 0.15) is 16.1 Å². The Hall–Kier alpha value is -2.76. The Labute approximate surface area is 115 Å². The van der Waals surface area contributed by atoms with Gasteiger partial charge < -0.3 is 20.3 Å². The molecule has 2 aromatic rings. The number of nitrogens with zero attached hydrogens (tertiary/aromatic N) is 1. The molecule has 20 heavy (non-hydrogen) atoms. The van der Waals surface area contributed by atoms with E-state index in [1.165, 1.54) is 12.1 Å². The van der Waals surface area contributed by atoms with Crippen molar-refractivity contribution in [1.29, 1.82) is 0 Å². The van der Waals surface area contributed by atoms with Crippen molar-refractivity contribution in [1.82, 2.24) is 4.98 Å². The van der Waals surface area contributed by atoms with Crippen molar-refractivity contribution in [3.63, 3.8) is 0 Å². The summed E-state index contributed by atoms with van der Waals surface area (Å²) in [7, 11) is 1.59. The maximum absolute atomic E-state index is 10.8. The van der Waals surface area contributed by atoms with Gasteiger partial charge in [-0.15, -0.1) is 0 Å². The number of ether oxygens (including phenoxy) is 2. The van der Waals surface area contributed by atoms with Crippen molar-refractivity contribution >= 4 is 11.7 Å². The first kappa shape index (κ1) is 13.7. The highest BCUT2D eigenvalue weighted by Crippen LogP contribution is 2.20. The lowest BCUT2D eigenvalue weighted by molar-refractivity contribution is 0.0689. The molecule has 0 unspecified atom stereocenters. The minimum absolute atomic E-state index is 0.107. The van der Waals surface area contributed by atoms with Crippen LogP contribution in [0.15, 0.2) is 36.4 Å². The molecule has 0 saturated carbocycles. The smallest absolute Gasteiger partial charge is 0.354 e. The molecule has 0 bridgehead atoms. The number of anilines is 1. The molecule has 104 valence electrons. The van der Waals surface area contributed by atoms with Crippen LogP contribution < -0.4 is 15.2 Å². The zero-order valence-corrected chi connectivity index (χ0v) is 10.9. The number of nitrogens with two attached hydrogens (primary N) is 1. The van der Waals surface area contributed by atoms with E-state index in [1.807, 2.05) is 24.3 Å². The van der Waals surface area contributed by atoms with Gasteiger partial charge in [0.2, 0.25) is 5.88 Å². The molecule has 1 heterocycles. The minimum atomic E-state index is -1.13. The number of hydrogen-bond acceptors (Lipinski definition) is 5. The zero-order valence-electron chi connectivity index (χ0n) is 10.9. The highest BCUT2D eigenvalue weighted by Gasteiger charge is 2.09. The van der Waals surface area contributed by atoms with E-state index in [0.717, 1.165) is 11.3 Å². The van der Waals surface area contributed by atoms with Crippen LogP contribution in [-0.4, -0.2) is 23.2 Å². The van der Waals surface area contributed by atoms with Crippen molar-refractivity contribution in [2.24, 2.45) is 0 Å². The van der Waals surface area contributed by atoms with E-state index >= 15 is 0 Å². The summed E-state index contributed by atoms with van der Waals surface area (Å²) in [6, 6.07) is 10.1. The van der Waals surface area contributed by atoms with Gasteiger partial charge in [0.1, 0.15) is 12.4 Å². The number of nitrogen functional groups attached to an aromatic ring is 1. The van der Waals surface area contributed by atoms with Crippen molar-refractivity contribution in [2.45, 2.75) is 6.61 Å². The quantitative estimate of drug-likeness (QED) is 0.865. The van der Waals surface area contributed by atoms with Gasteiger partial charge in [-0.25, -0.2) is 9.78 Å². The van der Waals surface area contributed by atoms with E-state index in [2.05, 4.69) is 4.98 Å². The molecule has 3 N–H and O–H groups in total. The number of pyridine rings is 1. The lowest BCUT2D eigenvalue weighted by atomic mass is 10.2. The maximum atomic E-state index is 10.8. The van der Waals surface area contributed by atoms with E-state index < -0.39 is 5.97 Å². The van der Waals surface area contributed by atoms with Crippen molar-refractivity contribution in [3.05, 3.63) is 47.7 Å². The fourth-order valence-electron chi connectivity index (χ4n) is 1.56. The van der Waals surface area contributed by atoms with Crippen LogP contribution in [0.25, 0.3) is 0 Å². The molecule has 0 spiro atoms. The molecule has 0 fully saturated rings. The fourth-order valence-corrected chi connectivity index (χ4v) is 1.56. The summed E-state index contributed by atoms with van der Waals surface area (Å²) in [5, 5.41) is 8.87. The zero-order chi connectivity index (χ0) is 14.5. The molecular formula is C14H14N2O4. The lowest BCUT2D eigenvalue weighted by Gasteiger charge is -2.09. The standard InChI is InChI=1S/C14H14N2O4/c1-19-10-4-2-9(3-5-10)8-20-13-11(15)6-7-12(16-13)14(17)18/h2-7H,8,15H2,1H3,(H,17,18). The number of aromatic carboxylic acids is 1. The number of carbonyl (C=O) groups is 1. The number of benzene rings is 1. The molecule has 0 radical (unpaired) electrons. The first-order chi connectivity index (χ1) is 9.60. The molecule has 0 atom stereocenters. The Balaban J connectivity index is 2.09. The molecule has 2 rings (SSSR count). The predicted octanol–water partition coefficient (Wildman–Crippen LogP) is 1.95. The van der Waals surface area contributed by atoms with Gasteiger partial charge in [0.25, 0.3) is 0 Å². The SMILES string of the molecule is COc1ccc(COc2nc(C(=O)O)ccc2N)cc1. The number of aromatic nitrogens is 1. The molecule has 0 aliphatic rings. The van der Waals surface area contributed by atoms with Crippen LogP contribution in [0.5, 0.6) is 11.6 Å². The number of methoxy groups -OCH3 is 1. The van der Waals surface area contributed by atoms with Gasteiger partial charge in [-0.3, -0.25) is 0 Å². The Morgan fingerprint density at radius 3 is 2.55 bits per heavy atom. The van der Waals surface area contributed by atoms with Gasteiger partial charge in [0, 0.05) is 0 Å². The van der Waals surface area contributed by atoms with Crippen LogP contribution in [0.3, 0.4) is 0 Å². The third-order valence-electron chi connectivity index (χ3n) is 2.64. The summed E-state index contributed by atoms with van der Waals surface area (Å²) in [6.07, 6.45) is 0. The number of carboxylic acids is 1. The first-order valence-electron chi connectivity index (χ1n) is 5.85. The summed E-state index contributed by atoms with van der Waals surface area (Å²) in [5.41, 5.74) is 6.78. The summed E-state index contributed by atoms with van der Waals surface area (Å²) in [6.45, 7) is 0.240. The van der Waals surface area contributed by atoms with Crippen LogP contribution in [0.4, 0.5) is 5.69 Å². The molecule has 6 nitrogen and oxygen atoms in total. The van der Waals surface area contributed by atoms with Gasteiger partial charge in [-0.1, -0.05) is 12.1 Å². The lowest BCUT2D eigenvalue weighted by Crippen LogP contribution is -2.06. The Kier molecular flexibility index (Phi) is 4.05. The Bertz CT molecular complexity index is 611. The van der Waals surface area contributed by atoms with E-state index in [4.69, 9.17) is 20.3 Å². The first-order valence-corrected chi connectivity index (χ1v) is 5.85. The molecule has 0 amide bonds. The van der Waals surface area contributed by atoms with Gasteiger partial charge in [-0.2, -0.15) is 0 Å². The number of hydrogen-bond donors (Lipinski definition) is 2.